The Hall–Kier alpha value is -1.39. The van der Waals surface area contributed by atoms with Crippen molar-refractivity contribution in [2.24, 2.45) is 0 Å². The number of hydrogen-bond acceptors (Lipinski definition) is 3. The average molecular weight is 357 g/mol. The third-order valence-corrected chi connectivity index (χ3v) is 6.33. The molecule has 1 unspecified atom stereocenters. The van der Waals surface area contributed by atoms with Crippen molar-refractivity contribution in [1.82, 2.24) is 4.90 Å². The van der Waals surface area contributed by atoms with E-state index in [2.05, 4.69) is 4.90 Å². The van der Waals surface area contributed by atoms with E-state index in [1.54, 1.807) is 0 Å². The van der Waals surface area contributed by atoms with Crippen LogP contribution < -0.4 is 4.90 Å². The Balaban J connectivity index is 1.31. The molecule has 1 amide bonds. The van der Waals surface area contributed by atoms with Gasteiger partial charge in [0.05, 0.1) is 18.2 Å². The fraction of sp³-hybridized carbons (Fsp3) is 0.682. The third-order valence-electron chi connectivity index (χ3n) is 6.33. The maximum atomic E-state index is 13.1. The summed E-state index contributed by atoms with van der Waals surface area (Å²) in [6.45, 7) is 2.84. The Labute approximate surface area is 157 Å². The molecule has 142 valence electrons. The molecular formula is C22H32N2O2. The van der Waals surface area contributed by atoms with Crippen LogP contribution in [0.5, 0.6) is 0 Å². The molecule has 1 aromatic rings. The van der Waals surface area contributed by atoms with Crippen molar-refractivity contribution in [1.29, 1.82) is 0 Å². The predicted molar refractivity (Wildman–Crippen MR) is 104 cm³/mol. The smallest absolute Gasteiger partial charge is 0.244 e. The van der Waals surface area contributed by atoms with Gasteiger partial charge in [-0.05, 0) is 50.7 Å². The minimum atomic E-state index is 0.0552. The van der Waals surface area contributed by atoms with Crippen molar-refractivity contribution in [2.75, 3.05) is 24.5 Å². The van der Waals surface area contributed by atoms with Crippen LogP contribution in [0.25, 0.3) is 0 Å². The molecule has 1 atom stereocenters. The Bertz CT molecular complexity index is 577. The molecule has 2 heterocycles. The number of likely N-dealkylation sites (tertiary alicyclic amines) is 1. The molecule has 2 saturated heterocycles. The molecule has 4 rings (SSSR count). The van der Waals surface area contributed by atoms with E-state index >= 15 is 0 Å². The fourth-order valence-electron chi connectivity index (χ4n) is 4.86. The summed E-state index contributed by atoms with van der Waals surface area (Å²) >= 11 is 0. The van der Waals surface area contributed by atoms with Gasteiger partial charge in [0.25, 0.3) is 0 Å². The maximum Gasteiger partial charge on any atom is 0.244 e. The van der Waals surface area contributed by atoms with E-state index in [1.807, 2.05) is 35.2 Å². The molecule has 0 aromatic heterocycles. The molecule has 4 nitrogen and oxygen atoms in total. The van der Waals surface area contributed by atoms with Gasteiger partial charge >= 0.3 is 0 Å². The first-order valence-corrected chi connectivity index (χ1v) is 10.6. The van der Waals surface area contributed by atoms with Crippen LogP contribution in [0.15, 0.2) is 30.3 Å². The molecule has 1 aliphatic carbocycles. The van der Waals surface area contributed by atoms with Crippen LogP contribution in [0.2, 0.25) is 0 Å². The Morgan fingerprint density at radius 3 is 2.19 bits per heavy atom. The van der Waals surface area contributed by atoms with Crippen molar-refractivity contribution >= 4 is 11.6 Å². The number of hydrogen-bond donors (Lipinski definition) is 0. The van der Waals surface area contributed by atoms with Gasteiger partial charge in [0.15, 0.2) is 0 Å². The number of amides is 1. The number of carbonyl (C=O) groups excluding carboxylic acids is 1. The number of benzene rings is 1. The molecule has 0 bridgehead atoms. The summed E-state index contributed by atoms with van der Waals surface area (Å²) in [5.74, 6) is 0.286. The molecule has 1 saturated carbocycles. The highest BCUT2D eigenvalue weighted by Crippen LogP contribution is 2.28. The zero-order valence-corrected chi connectivity index (χ0v) is 15.8. The van der Waals surface area contributed by atoms with Gasteiger partial charge in [-0.3, -0.25) is 9.69 Å². The number of rotatable bonds is 4. The van der Waals surface area contributed by atoms with E-state index in [0.29, 0.717) is 12.2 Å². The average Bonchev–Trinajstić information content (AvgIpc) is 2.70. The zero-order valence-electron chi connectivity index (χ0n) is 15.8. The van der Waals surface area contributed by atoms with Gasteiger partial charge in [-0.2, -0.15) is 0 Å². The minimum absolute atomic E-state index is 0.0552. The molecule has 0 spiro atoms. The van der Waals surface area contributed by atoms with Crippen molar-refractivity contribution in [3.8, 4) is 0 Å². The van der Waals surface area contributed by atoms with Gasteiger partial charge in [-0.15, -0.1) is 0 Å². The highest BCUT2D eigenvalue weighted by molar-refractivity contribution is 5.97. The summed E-state index contributed by atoms with van der Waals surface area (Å²) in [7, 11) is 0. The Morgan fingerprint density at radius 1 is 0.769 bits per heavy atom. The highest BCUT2D eigenvalue weighted by Gasteiger charge is 2.36. The van der Waals surface area contributed by atoms with Crippen molar-refractivity contribution in [3.05, 3.63) is 30.3 Å². The first kappa shape index (κ1) is 18.0. The number of para-hydroxylation sites is 1. The number of anilines is 1. The molecule has 0 radical (unpaired) electrons. The number of ether oxygens (including phenoxy) is 1. The van der Waals surface area contributed by atoms with Gasteiger partial charge in [-0.1, -0.05) is 37.5 Å². The third kappa shape index (κ3) is 4.12. The monoisotopic (exact) mass is 356 g/mol. The summed E-state index contributed by atoms with van der Waals surface area (Å²) in [4.78, 5) is 17.5. The maximum absolute atomic E-state index is 13.1. The van der Waals surface area contributed by atoms with Crippen molar-refractivity contribution in [3.63, 3.8) is 0 Å². The van der Waals surface area contributed by atoms with E-state index < -0.39 is 0 Å². The SMILES string of the molecule is O=C1C(N2CCC(OC3CCCCC3)CC2)CCCN1c1ccccc1. The lowest BCUT2D eigenvalue weighted by Gasteiger charge is -2.42. The molecule has 2 aliphatic heterocycles. The molecule has 3 aliphatic rings. The molecular weight excluding hydrogens is 324 g/mol. The lowest BCUT2D eigenvalue weighted by atomic mass is 9.96. The highest BCUT2D eigenvalue weighted by atomic mass is 16.5. The second-order valence-corrected chi connectivity index (χ2v) is 8.11. The summed E-state index contributed by atoms with van der Waals surface area (Å²) in [6, 6.07) is 10.2. The first-order chi connectivity index (χ1) is 12.8. The van der Waals surface area contributed by atoms with Crippen LogP contribution in [0.3, 0.4) is 0 Å². The summed E-state index contributed by atoms with van der Waals surface area (Å²) in [5.41, 5.74) is 1.04. The molecule has 3 fully saturated rings. The van der Waals surface area contributed by atoms with Crippen LogP contribution in [0.1, 0.15) is 57.8 Å². The molecule has 1 aromatic carbocycles. The molecule has 26 heavy (non-hydrogen) atoms. The van der Waals surface area contributed by atoms with Crippen molar-refractivity contribution < 1.29 is 9.53 Å². The second kappa shape index (κ2) is 8.53. The lowest BCUT2D eigenvalue weighted by molar-refractivity contribution is -0.127. The van der Waals surface area contributed by atoms with Crippen LogP contribution in [0, 0.1) is 0 Å². The van der Waals surface area contributed by atoms with Gasteiger partial charge in [0.2, 0.25) is 5.91 Å². The normalized spacial score (nSPS) is 27.0. The van der Waals surface area contributed by atoms with Crippen LogP contribution in [-0.2, 0) is 9.53 Å². The van der Waals surface area contributed by atoms with E-state index in [1.165, 1.54) is 32.1 Å². The molecule has 4 heteroatoms. The van der Waals surface area contributed by atoms with Crippen LogP contribution in [0.4, 0.5) is 5.69 Å². The van der Waals surface area contributed by atoms with Crippen LogP contribution >= 0.6 is 0 Å². The van der Waals surface area contributed by atoms with E-state index in [-0.39, 0.29) is 11.9 Å². The topological polar surface area (TPSA) is 32.8 Å². The quantitative estimate of drug-likeness (QED) is 0.817. The lowest BCUT2D eigenvalue weighted by Crippen LogP contribution is -2.55. The fourth-order valence-corrected chi connectivity index (χ4v) is 4.86. The van der Waals surface area contributed by atoms with Gasteiger partial charge < -0.3 is 9.64 Å². The minimum Gasteiger partial charge on any atom is -0.375 e. The largest absolute Gasteiger partial charge is 0.375 e. The predicted octanol–water partition coefficient (Wildman–Crippen LogP) is 4.00. The standard InChI is InChI=1S/C22H32N2O2/c25-22-21(12-7-15-24(22)18-8-3-1-4-9-18)23-16-13-20(14-17-23)26-19-10-5-2-6-11-19/h1,3-4,8-9,19-21H,2,5-7,10-17H2. The second-order valence-electron chi connectivity index (χ2n) is 8.11. The summed E-state index contributed by atoms with van der Waals surface area (Å²) < 4.78 is 6.36. The molecule has 0 N–H and O–H groups in total. The zero-order chi connectivity index (χ0) is 17.8. The van der Waals surface area contributed by atoms with Gasteiger partial charge in [0, 0.05) is 25.3 Å². The van der Waals surface area contributed by atoms with Gasteiger partial charge in [-0.25, -0.2) is 0 Å². The summed E-state index contributed by atoms with van der Waals surface area (Å²) in [6.07, 6.45) is 11.6. The number of nitrogens with zero attached hydrogens (tertiary/aromatic N) is 2. The van der Waals surface area contributed by atoms with Crippen molar-refractivity contribution in [2.45, 2.75) is 76.0 Å². The first-order valence-electron chi connectivity index (χ1n) is 10.6. The Kier molecular flexibility index (Phi) is 5.91. The summed E-state index contributed by atoms with van der Waals surface area (Å²) in [5, 5.41) is 0. The van der Waals surface area contributed by atoms with E-state index in [0.717, 1.165) is 51.0 Å². The van der Waals surface area contributed by atoms with Crippen LogP contribution in [-0.4, -0.2) is 48.7 Å². The Morgan fingerprint density at radius 2 is 1.46 bits per heavy atom. The van der Waals surface area contributed by atoms with E-state index in [9.17, 15) is 4.79 Å². The number of piperidine rings is 2. The van der Waals surface area contributed by atoms with Gasteiger partial charge in [0.1, 0.15) is 0 Å². The number of carbonyl (C=O) groups is 1. The van der Waals surface area contributed by atoms with E-state index in [4.69, 9.17) is 4.74 Å².